The van der Waals surface area contributed by atoms with Crippen LogP contribution < -0.4 is 16.8 Å². The van der Waals surface area contributed by atoms with E-state index in [1.165, 1.54) is 0 Å². The summed E-state index contributed by atoms with van der Waals surface area (Å²) in [4.78, 5) is 25.2. The molecule has 0 saturated carbocycles. The molecular weight excluding hydrogens is 366 g/mol. The molecule has 0 aromatic heterocycles. The maximum atomic E-state index is 12.7. The zero-order valence-electron chi connectivity index (χ0n) is 16.4. The number of benzene rings is 3. The van der Waals surface area contributed by atoms with Gasteiger partial charge in [0.25, 0.3) is 5.91 Å². The Kier molecular flexibility index (Phi) is 5.83. The lowest BCUT2D eigenvalue weighted by Gasteiger charge is -2.15. The maximum absolute atomic E-state index is 12.7. The van der Waals surface area contributed by atoms with Crippen LogP contribution in [0.25, 0.3) is 0 Å². The molecular formula is C23H23N3O3. The highest BCUT2D eigenvalue weighted by molar-refractivity contribution is 6.09. The van der Waals surface area contributed by atoms with Crippen molar-refractivity contribution in [3.8, 4) is 0 Å². The smallest absolute Gasteiger partial charge is 0.340 e. The molecule has 6 heteroatoms. The Hall–Kier alpha value is -3.80. The number of amides is 1. The molecule has 0 radical (unpaired) electrons. The number of nitrogens with two attached hydrogens (primary N) is 2. The van der Waals surface area contributed by atoms with E-state index in [0.717, 1.165) is 5.56 Å². The lowest BCUT2D eigenvalue weighted by molar-refractivity contribution is 0.0472. The van der Waals surface area contributed by atoms with E-state index < -0.39 is 5.97 Å². The number of ether oxygens (including phenoxy) is 1. The van der Waals surface area contributed by atoms with Crippen molar-refractivity contribution in [1.29, 1.82) is 0 Å². The van der Waals surface area contributed by atoms with Crippen LogP contribution in [0.1, 0.15) is 37.4 Å². The molecule has 29 heavy (non-hydrogen) atoms. The first-order valence-electron chi connectivity index (χ1n) is 9.15. The second-order valence-electron chi connectivity index (χ2n) is 6.75. The van der Waals surface area contributed by atoms with Crippen LogP contribution in [0.15, 0.2) is 60.7 Å². The third kappa shape index (κ3) is 4.38. The second-order valence-corrected chi connectivity index (χ2v) is 6.75. The molecule has 0 heterocycles. The number of hydrogen-bond donors (Lipinski definition) is 3. The number of para-hydroxylation sites is 1. The van der Waals surface area contributed by atoms with E-state index in [2.05, 4.69) is 5.32 Å². The molecule has 1 amide bonds. The van der Waals surface area contributed by atoms with Gasteiger partial charge in [-0.2, -0.15) is 0 Å². The molecule has 0 atom stereocenters. The molecule has 0 spiro atoms. The first-order chi connectivity index (χ1) is 13.9. The highest BCUT2D eigenvalue weighted by Gasteiger charge is 2.18. The molecule has 0 aliphatic rings. The first kappa shape index (κ1) is 19.9. The molecule has 5 N–H and O–H groups in total. The fourth-order valence-corrected chi connectivity index (χ4v) is 3.13. The van der Waals surface area contributed by atoms with Crippen LogP contribution in [-0.2, 0) is 11.3 Å². The monoisotopic (exact) mass is 389 g/mol. The minimum absolute atomic E-state index is 0.00430. The number of carbonyl (C=O) groups is 2. The summed E-state index contributed by atoms with van der Waals surface area (Å²) in [6, 6.07) is 17.7. The Morgan fingerprint density at radius 1 is 0.862 bits per heavy atom. The van der Waals surface area contributed by atoms with Crippen LogP contribution in [0.3, 0.4) is 0 Å². The zero-order valence-corrected chi connectivity index (χ0v) is 16.4. The van der Waals surface area contributed by atoms with Crippen molar-refractivity contribution in [3.63, 3.8) is 0 Å². The Labute approximate surface area is 169 Å². The predicted octanol–water partition coefficient (Wildman–Crippen LogP) is 4.08. The molecule has 3 aromatic carbocycles. The summed E-state index contributed by atoms with van der Waals surface area (Å²) in [5.41, 5.74) is 16.1. The van der Waals surface area contributed by atoms with Crippen molar-refractivity contribution >= 4 is 28.9 Å². The minimum atomic E-state index is -0.507. The standard InChI is InChI=1S/C23H23N3O3/c1-14-7-6-10-18(24)20(14)23(28)29-13-16-11-12-19(25)21(15(16)2)22(27)26-17-8-4-3-5-9-17/h3-12H,13,24-25H2,1-2H3,(H,26,27). The average molecular weight is 389 g/mol. The lowest BCUT2D eigenvalue weighted by atomic mass is 10.00. The van der Waals surface area contributed by atoms with Crippen LogP contribution in [0.4, 0.5) is 17.1 Å². The maximum Gasteiger partial charge on any atom is 0.340 e. The van der Waals surface area contributed by atoms with E-state index in [0.29, 0.717) is 39.3 Å². The molecule has 0 aliphatic heterocycles. The van der Waals surface area contributed by atoms with Crippen LogP contribution in [-0.4, -0.2) is 11.9 Å². The molecule has 0 unspecified atom stereocenters. The van der Waals surface area contributed by atoms with Gasteiger partial charge >= 0.3 is 5.97 Å². The summed E-state index contributed by atoms with van der Waals surface area (Å²) in [6.07, 6.45) is 0. The van der Waals surface area contributed by atoms with Gasteiger partial charge in [0.2, 0.25) is 0 Å². The van der Waals surface area contributed by atoms with Gasteiger partial charge in [0.15, 0.2) is 0 Å². The van der Waals surface area contributed by atoms with Gasteiger partial charge in [-0.25, -0.2) is 4.79 Å². The molecule has 6 nitrogen and oxygen atoms in total. The number of nitrogens with one attached hydrogen (secondary N) is 1. The molecule has 148 valence electrons. The van der Waals surface area contributed by atoms with Gasteiger partial charge in [-0.1, -0.05) is 36.4 Å². The number of aryl methyl sites for hydroxylation is 1. The summed E-state index contributed by atoms with van der Waals surface area (Å²) in [6.45, 7) is 3.58. The summed E-state index contributed by atoms with van der Waals surface area (Å²) >= 11 is 0. The first-order valence-corrected chi connectivity index (χ1v) is 9.15. The van der Waals surface area contributed by atoms with E-state index >= 15 is 0 Å². The third-order valence-electron chi connectivity index (χ3n) is 4.74. The van der Waals surface area contributed by atoms with Gasteiger partial charge in [-0.15, -0.1) is 0 Å². The number of anilines is 3. The van der Waals surface area contributed by atoms with Gasteiger partial charge in [-0.05, 0) is 54.8 Å². The van der Waals surface area contributed by atoms with Crippen LogP contribution >= 0.6 is 0 Å². The van der Waals surface area contributed by atoms with E-state index in [1.807, 2.05) is 18.2 Å². The number of esters is 1. The third-order valence-corrected chi connectivity index (χ3v) is 4.74. The topological polar surface area (TPSA) is 107 Å². The second kappa shape index (κ2) is 8.48. The quantitative estimate of drug-likeness (QED) is 0.450. The number of nitrogen functional groups attached to an aromatic ring is 2. The van der Waals surface area contributed by atoms with Gasteiger partial charge < -0.3 is 21.5 Å². The molecule has 3 aromatic rings. The van der Waals surface area contributed by atoms with Crippen molar-refractivity contribution in [2.75, 3.05) is 16.8 Å². The molecule has 0 bridgehead atoms. The van der Waals surface area contributed by atoms with E-state index in [4.69, 9.17) is 16.2 Å². The minimum Gasteiger partial charge on any atom is -0.457 e. The highest BCUT2D eigenvalue weighted by Crippen LogP contribution is 2.24. The molecule has 0 aliphatic carbocycles. The zero-order chi connectivity index (χ0) is 21.0. The van der Waals surface area contributed by atoms with Crippen LogP contribution in [0.5, 0.6) is 0 Å². The lowest BCUT2D eigenvalue weighted by Crippen LogP contribution is -2.17. The van der Waals surface area contributed by atoms with Gasteiger partial charge in [0.05, 0.1) is 11.1 Å². The van der Waals surface area contributed by atoms with E-state index in [9.17, 15) is 9.59 Å². The summed E-state index contributed by atoms with van der Waals surface area (Å²) < 4.78 is 5.46. The predicted molar refractivity (Wildman–Crippen MR) is 115 cm³/mol. The van der Waals surface area contributed by atoms with E-state index in [1.54, 1.807) is 56.3 Å². The molecule has 0 saturated heterocycles. The number of rotatable bonds is 5. The Morgan fingerprint density at radius 2 is 1.55 bits per heavy atom. The van der Waals surface area contributed by atoms with Crippen molar-refractivity contribution in [3.05, 3.63) is 88.5 Å². The van der Waals surface area contributed by atoms with Crippen molar-refractivity contribution < 1.29 is 14.3 Å². The molecule has 0 fully saturated rings. The number of hydrogen-bond acceptors (Lipinski definition) is 5. The summed E-state index contributed by atoms with van der Waals surface area (Å²) in [7, 11) is 0. The SMILES string of the molecule is Cc1cccc(N)c1C(=O)OCc1ccc(N)c(C(=O)Nc2ccccc2)c1C. The average Bonchev–Trinajstić information content (AvgIpc) is 2.68. The van der Waals surface area contributed by atoms with Crippen molar-refractivity contribution in [2.45, 2.75) is 20.5 Å². The molecule has 3 rings (SSSR count). The Balaban J connectivity index is 1.80. The van der Waals surface area contributed by atoms with Gasteiger partial charge in [-0.3, -0.25) is 4.79 Å². The normalized spacial score (nSPS) is 10.4. The van der Waals surface area contributed by atoms with Gasteiger partial charge in [0, 0.05) is 17.1 Å². The Morgan fingerprint density at radius 3 is 2.24 bits per heavy atom. The van der Waals surface area contributed by atoms with Crippen LogP contribution in [0.2, 0.25) is 0 Å². The van der Waals surface area contributed by atoms with Crippen molar-refractivity contribution in [2.24, 2.45) is 0 Å². The van der Waals surface area contributed by atoms with Crippen LogP contribution in [0, 0.1) is 13.8 Å². The van der Waals surface area contributed by atoms with Gasteiger partial charge in [0.1, 0.15) is 6.61 Å². The van der Waals surface area contributed by atoms with Crippen molar-refractivity contribution in [1.82, 2.24) is 0 Å². The fourth-order valence-electron chi connectivity index (χ4n) is 3.13. The Bertz CT molecular complexity index is 1040. The van der Waals surface area contributed by atoms with E-state index in [-0.39, 0.29) is 12.5 Å². The largest absolute Gasteiger partial charge is 0.457 e. The highest BCUT2D eigenvalue weighted by atomic mass is 16.5. The summed E-state index contributed by atoms with van der Waals surface area (Å²) in [5, 5.41) is 2.83. The number of carbonyl (C=O) groups excluding carboxylic acids is 2. The summed E-state index contributed by atoms with van der Waals surface area (Å²) in [5.74, 6) is -0.824. The fraction of sp³-hybridized carbons (Fsp3) is 0.130.